The average molecular weight is 447 g/mol. The minimum atomic E-state index is -4.10. The molecule has 0 fully saturated rings. The number of ether oxygens (including phenoxy) is 1. The number of sulfonamides is 1. The summed E-state index contributed by atoms with van der Waals surface area (Å²) in [5, 5.41) is 10.5. The number of rotatable bonds is 4. The van der Waals surface area contributed by atoms with Crippen molar-refractivity contribution >= 4 is 33.2 Å². The van der Waals surface area contributed by atoms with Crippen molar-refractivity contribution in [2.45, 2.75) is 18.2 Å². The normalized spacial score (nSPS) is 14.0. The molecule has 0 saturated heterocycles. The monoisotopic (exact) mass is 446 g/mol. The summed E-state index contributed by atoms with van der Waals surface area (Å²) in [7, 11) is -2.67. The Morgan fingerprint density at radius 3 is 2.50 bits per heavy atom. The summed E-state index contributed by atoms with van der Waals surface area (Å²) in [4.78, 5) is 14.9. The first kappa shape index (κ1) is 20.4. The number of carbonyl (C=O) groups is 1. The summed E-state index contributed by atoms with van der Waals surface area (Å²) >= 11 is 5.96. The van der Waals surface area contributed by atoms with E-state index in [1.165, 1.54) is 23.9 Å². The molecule has 30 heavy (non-hydrogen) atoms. The van der Waals surface area contributed by atoms with Crippen LogP contribution in [0.15, 0.2) is 47.4 Å². The average Bonchev–Trinajstić information content (AvgIpc) is 3.05. The molecule has 0 saturated carbocycles. The third-order valence-electron chi connectivity index (χ3n) is 5.06. The Bertz CT molecular complexity index is 1250. The van der Waals surface area contributed by atoms with Crippen LogP contribution >= 0.6 is 11.6 Å². The van der Waals surface area contributed by atoms with E-state index in [-0.39, 0.29) is 16.5 Å². The van der Waals surface area contributed by atoms with Gasteiger partial charge in [-0.25, -0.2) is 18.2 Å². The van der Waals surface area contributed by atoms with Gasteiger partial charge in [0, 0.05) is 28.9 Å². The van der Waals surface area contributed by atoms with E-state index in [4.69, 9.17) is 21.5 Å². The van der Waals surface area contributed by atoms with Crippen LogP contribution < -0.4 is 14.8 Å². The lowest BCUT2D eigenvalue weighted by atomic mass is 10.0. The van der Waals surface area contributed by atoms with Crippen LogP contribution in [0.5, 0.6) is 5.75 Å². The van der Waals surface area contributed by atoms with Gasteiger partial charge in [-0.2, -0.15) is 5.10 Å². The number of halogens is 1. The van der Waals surface area contributed by atoms with E-state index in [0.29, 0.717) is 40.8 Å². The first-order chi connectivity index (χ1) is 14.2. The zero-order valence-electron chi connectivity index (χ0n) is 16.3. The van der Waals surface area contributed by atoms with Crippen molar-refractivity contribution in [2.75, 3.05) is 18.6 Å². The van der Waals surface area contributed by atoms with E-state index in [9.17, 15) is 13.2 Å². The Morgan fingerprint density at radius 2 is 1.87 bits per heavy atom. The predicted molar refractivity (Wildman–Crippen MR) is 113 cm³/mol. The smallest absolute Gasteiger partial charge is 0.277 e. The van der Waals surface area contributed by atoms with E-state index >= 15 is 0 Å². The fourth-order valence-electron chi connectivity index (χ4n) is 3.60. The number of amides is 1. The van der Waals surface area contributed by atoms with Crippen molar-refractivity contribution in [1.82, 2.24) is 9.78 Å². The molecule has 0 radical (unpaired) electrons. The van der Waals surface area contributed by atoms with Gasteiger partial charge >= 0.3 is 0 Å². The van der Waals surface area contributed by atoms with E-state index in [0.717, 1.165) is 5.56 Å². The molecule has 0 unspecified atom stereocenters. The fourth-order valence-corrected chi connectivity index (χ4v) is 4.45. The quantitative estimate of drug-likeness (QED) is 0.662. The summed E-state index contributed by atoms with van der Waals surface area (Å²) in [5.41, 5.74) is 2.63. The number of aryl methyl sites for hydroxylation is 1. The first-order valence-electron chi connectivity index (χ1n) is 9.08. The third-order valence-corrected chi connectivity index (χ3v) is 6.25. The summed E-state index contributed by atoms with van der Waals surface area (Å²) in [6, 6.07) is 11.4. The van der Waals surface area contributed by atoms with E-state index in [1.807, 2.05) is 0 Å². The zero-order valence-corrected chi connectivity index (χ0v) is 17.9. The summed E-state index contributed by atoms with van der Waals surface area (Å²) < 4.78 is 31.0. The molecule has 156 valence electrons. The molecule has 1 amide bonds. The topological polar surface area (TPSA) is 108 Å². The maximum atomic E-state index is 13.4. The van der Waals surface area contributed by atoms with Crippen LogP contribution in [-0.4, -0.2) is 37.8 Å². The molecule has 2 N–H and O–H groups in total. The molecule has 2 aromatic carbocycles. The lowest BCUT2D eigenvalue weighted by molar-refractivity contribution is 0.0973. The van der Waals surface area contributed by atoms with E-state index in [2.05, 4.69) is 5.10 Å². The Hall–Kier alpha value is -2.88. The molecule has 0 atom stereocenters. The largest absolute Gasteiger partial charge is 0.497 e. The second-order valence-corrected chi connectivity index (χ2v) is 8.85. The first-order valence-corrected chi connectivity index (χ1v) is 11.0. The van der Waals surface area contributed by atoms with Crippen molar-refractivity contribution in [1.29, 1.82) is 0 Å². The fraction of sp³-hybridized carbons (Fsp3) is 0.200. The molecule has 1 aliphatic rings. The van der Waals surface area contributed by atoms with Crippen LogP contribution in [0.2, 0.25) is 5.02 Å². The molecule has 10 heteroatoms. The van der Waals surface area contributed by atoms with Gasteiger partial charge in [-0.05, 0) is 49.7 Å². The van der Waals surface area contributed by atoms with E-state index < -0.39 is 10.0 Å². The molecule has 8 nitrogen and oxygen atoms in total. The maximum Gasteiger partial charge on any atom is 0.277 e. The van der Waals surface area contributed by atoms with Crippen LogP contribution in [0.3, 0.4) is 0 Å². The van der Waals surface area contributed by atoms with Crippen LogP contribution in [0, 0.1) is 6.92 Å². The molecule has 1 aliphatic heterocycles. The molecular weight excluding hydrogens is 428 g/mol. The van der Waals surface area contributed by atoms with Gasteiger partial charge in [0.1, 0.15) is 16.3 Å². The number of anilines is 1. The highest BCUT2D eigenvalue weighted by molar-refractivity contribution is 7.89. The van der Waals surface area contributed by atoms with Gasteiger partial charge in [-0.3, -0.25) is 4.79 Å². The van der Waals surface area contributed by atoms with Gasteiger partial charge in [0.05, 0.1) is 18.5 Å². The lowest BCUT2D eigenvalue weighted by Crippen LogP contribution is -2.39. The van der Waals surface area contributed by atoms with Gasteiger partial charge in [-0.15, -0.1) is 0 Å². The van der Waals surface area contributed by atoms with Crippen molar-refractivity contribution < 1.29 is 17.9 Å². The van der Waals surface area contributed by atoms with Crippen molar-refractivity contribution in [3.8, 4) is 11.4 Å². The van der Waals surface area contributed by atoms with Gasteiger partial charge in [-0.1, -0.05) is 11.6 Å². The highest BCUT2D eigenvalue weighted by Crippen LogP contribution is 2.32. The summed E-state index contributed by atoms with van der Waals surface area (Å²) in [6.07, 6.45) is 0.580. The van der Waals surface area contributed by atoms with Crippen LogP contribution in [0.25, 0.3) is 5.69 Å². The SMILES string of the molecule is COc1ccc(-n2nc(C)c3c2C(=O)N(c2ccc(Cl)cc2)CC3)c(S(N)(=O)=O)c1. The number of aromatic nitrogens is 2. The number of hydrogen-bond acceptors (Lipinski definition) is 5. The summed E-state index contributed by atoms with van der Waals surface area (Å²) in [6.45, 7) is 2.27. The number of fused-ring (bicyclic) bond motifs is 1. The van der Waals surface area contributed by atoms with Crippen molar-refractivity contribution in [2.24, 2.45) is 5.14 Å². The molecule has 0 spiro atoms. The molecule has 0 aliphatic carbocycles. The minimum absolute atomic E-state index is 0.177. The van der Waals surface area contributed by atoms with Gasteiger partial charge < -0.3 is 9.64 Å². The van der Waals surface area contributed by atoms with Gasteiger partial charge in [0.2, 0.25) is 10.0 Å². The number of nitrogens with zero attached hydrogens (tertiary/aromatic N) is 3. The number of nitrogens with two attached hydrogens (primary N) is 1. The van der Waals surface area contributed by atoms with E-state index in [1.54, 1.807) is 42.2 Å². The van der Waals surface area contributed by atoms with Crippen LogP contribution in [-0.2, 0) is 16.4 Å². The number of primary sulfonamides is 1. The zero-order chi connectivity index (χ0) is 21.6. The van der Waals surface area contributed by atoms with Gasteiger partial charge in [0.15, 0.2) is 0 Å². The van der Waals surface area contributed by atoms with Crippen LogP contribution in [0.1, 0.15) is 21.7 Å². The van der Waals surface area contributed by atoms with Crippen molar-refractivity contribution in [3.63, 3.8) is 0 Å². The highest BCUT2D eigenvalue weighted by atomic mass is 35.5. The number of benzene rings is 2. The highest BCUT2D eigenvalue weighted by Gasteiger charge is 2.33. The summed E-state index contributed by atoms with van der Waals surface area (Å²) in [5.74, 6) is 0.0463. The third kappa shape index (κ3) is 3.45. The lowest BCUT2D eigenvalue weighted by Gasteiger charge is -2.28. The molecule has 2 heterocycles. The molecule has 3 aromatic rings. The number of methoxy groups -OCH3 is 1. The molecule has 1 aromatic heterocycles. The number of carbonyl (C=O) groups excluding carboxylic acids is 1. The standard InChI is InChI=1S/C20H19ClN4O4S/c1-12-16-9-10-24(14-5-3-13(21)4-6-14)20(26)19(16)25(23-12)17-8-7-15(29-2)11-18(17)30(22,27)28/h3-8,11H,9-10H2,1-2H3,(H2,22,27,28). The molecule has 0 bridgehead atoms. The molecule has 4 rings (SSSR count). The number of hydrogen-bond donors (Lipinski definition) is 1. The predicted octanol–water partition coefficient (Wildman–Crippen LogP) is 2.69. The maximum absolute atomic E-state index is 13.4. The Kier molecular flexibility index (Phi) is 5.05. The molecular formula is C20H19ClN4O4S. The second kappa shape index (κ2) is 7.42. The Morgan fingerprint density at radius 1 is 1.17 bits per heavy atom. The Labute approximate surface area is 178 Å². The van der Waals surface area contributed by atoms with Crippen molar-refractivity contribution in [3.05, 3.63) is 64.4 Å². The Balaban J connectivity index is 1.89. The second-order valence-electron chi connectivity index (χ2n) is 6.89. The van der Waals surface area contributed by atoms with Crippen LogP contribution in [0.4, 0.5) is 5.69 Å². The van der Waals surface area contributed by atoms with Gasteiger partial charge in [0.25, 0.3) is 5.91 Å². The minimum Gasteiger partial charge on any atom is -0.497 e.